The Hall–Kier alpha value is -0.940. The van der Waals surface area contributed by atoms with Crippen molar-refractivity contribution < 1.29 is 4.39 Å². The number of halogens is 1. The fourth-order valence-electron chi connectivity index (χ4n) is 0.878. The normalized spacial score (nSPS) is 8.92. The van der Waals surface area contributed by atoms with Gasteiger partial charge in [0.25, 0.3) is 0 Å². The maximum Gasteiger partial charge on any atom is 0.127 e. The first kappa shape index (κ1) is 9.15. The van der Waals surface area contributed by atoms with Crippen LogP contribution in [0.3, 0.4) is 0 Å². The lowest BCUT2D eigenvalue weighted by Crippen LogP contribution is -1.86. The van der Waals surface area contributed by atoms with E-state index in [1.165, 1.54) is 6.07 Å². The quantitative estimate of drug-likeness (QED) is 0.460. The highest BCUT2D eigenvalue weighted by atomic mass is 32.1. The third-order valence-electron chi connectivity index (χ3n) is 1.57. The first-order chi connectivity index (χ1) is 5.75. The lowest BCUT2D eigenvalue weighted by atomic mass is 10.1. The maximum absolute atomic E-state index is 12.9. The Morgan fingerprint density at radius 3 is 2.92 bits per heavy atom. The number of hydrogen-bond acceptors (Lipinski definition) is 1. The van der Waals surface area contributed by atoms with E-state index in [1.807, 2.05) is 0 Å². The molecule has 1 rings (SSSR count). The van der Waals surface area contributed by atoms with Crippen LogP contribution in [-0.4, -0.2) is 5.75 Å². The van der Waals surface area contributed by atoms with Gasteiger partial charge in [-0.1, -0.05) is 17.9 Å². The molecule has 0 fully saturated rings. The zero-order chi connectivity index (χ0) is 8.97. The van der Waals surface area contributed by atoms with E-state index in [0.717, 1.165) is 5.56 Å². The zero-order valence-electron chi connectivity index (χ0n) is 6.76. The molecule has 0 nitrogen and oxygen atoms in total. The molecule has 0 unspecified atom stereocenters. The van der Waals surface area contributed by atoms with E-state index in [9.17, 15) is 4.39 Å². The third kappa shape index (κ3) is 2.02. The molecule has 0 N–H and O–H groups in total. The van der Waals surface area contributed by atoms with Gasteiger partial charge in [-0.25, -0.2) is 4.39 Å². The Labute approximate surface area is 77.2 Å². The molecule has 0 amide bonds. The summed E-state index contributed by atoms with van der Waals surface area (Å²) in [4.78, 5) is 0. The van der Waals surface area contributed by atoms with Crippen molar-refractivity contribution in [3.63, 3.8) is 0 Å². The topological polar surface area (TPSA) is 0 Å². The van der Waals surface area contributed by atoms with Crippen LogP contribution in [0, 0.1) is 24.6 Å². The smallest absolute Gasteiger partial charge is 0.127 e. The van der Waals surface area contributed by atoms with Gasteiger partial charge in [0.2, 0.25) is 0 Å². The summed E-state index contributed by atoms with van der Waals surface area (Å²) in [6.45, 7) is 1.72. The van der Waals surface area contributed by atoms with Crippen LogP contribution in [0.2, 0.25) is 0 Å². The molecule has 0 spiro atoms. The van der Waals surface area contributed by atoms with E-state index in [2.05, 4.69) is 24.5 Å². The summed E-state index contributed by atoms with van der Waals surface area (Å²) in [6.07, 6.45) is 0. The Bertz CT molecular complexity index is 333. The first-order valence-electron chi connectivity index (χ1n) is 3.60. The van der Waals surface area contributed by atoms with Gasteiger partial charge in [-0.2, -0.15) is 12.6 Å². The highest BCUT2D eigenvalue weighted by Gasteiger charge is 1.98. The Kier molecular flexibility index (Phi) is 3.19. The molecule has 0 saturated carbocycles. The molecule has 0 aliphatic heterocycles. The summed E-state index contributed by atoms with van der Waals surface area (Å²) in [5.41, 5.74) is 1.34. The predicted octanol–water partition coefficient (Wildman–Crippen LogP) is 2.42. The van der Waals surface area contributed by atoms with Gasteiger partial charge in [0.1, 0.15) is 5.82 Å². The summed E-state index contributed by atoms with van der Waals surface area (Å²) in [5.74, 6) is 5.91. The van der Waals surface area contributed by atoms with Crippen LogP contribution in [0.25, 0.3) is 0 Å². The molecule has 0 radical (unpaired) electrons. The molecule has 0 saturated heterocycles. The summed E-state index contributed by atoms with van der Waals surface area (Å²) < 4.78 is 12.9. The second-order valence-corrected chi connectivity index (χ2v) is 2.69. The largest absolute Gasteiger partial charge is 0.207 e. The van der Waals surface area contributed by atoms with Gasteiger partial charge in [0, 0.05) is 11.1 Å². The van der Waals surface area contributed by atoms with Crippen molar-refractivity contribution in [2.45, 2.75) is 6.92 Å². The van der Waals surface area contributed by atoms with Crippen molar-refractivity contribution in [1.82, 2.24) is 0 Å². The summed E-state index contributed by atoms with van der Waals surface area (Å²) in [5, 5.41) is 0. The molecule has 1 aromatic rings. The van der Waals surface area contributed by atoms with Gasteiger partial charge < -0.3 is 0 Å². The van der Waals surface area contributed by atoms with Crippen LogP contribution in [0.4, 0.5) is 4.39 Å². The van der Waals surface area contributed by atoms with Crippen molar-refractivity contribution in [2.24, 2.45) is 0 Å². The zero-order valence-corrected chi connectivity index (χ0v) is 7.66. The minimum absolute atomic E-state index is 0.207. The van der Waals surface area contributed by atoms with E-state index in [1.54, 1.807) is 19.1 Å². The summed E-state index contributed by atoms with van der Waals surface area (Å²) in [6, 6.07) is 4.89. The second kappa shape index (κ2) is 4.18. The van der Waals surface area contributed by atoms with Gasteiger partial charge in [-0.05, 0) is 19.1 Å². The van der Waals surface area contributed by atoms with E-state index < -0.39 is 0 Å². The SMILES string of the molecule is Cc1c(F)cccc1C#CCS. The fraction of sp³-hybridized carbons (Fsp3) is 0.200. The molecule has 0 bridgehead atoms. The van der Waals surface area contributed by atoms with Gasteiger partial charge in [-0.15, -0.1) is 0 Å². The van der Waals surface area contributed by atoms with E-state index >= 15 is 0 Å². The van der Waals surface area contributed by atoms with Crippen LogP contribution in [0.5, 0.6) is 0 Å². The van der Waals surface area contributed by atoms with Crippen LogP contribution >= 0.6 is 12.6 Å². The van der Waals surface area contributed by atoms with Crippen LogP contribution in [-0.2, 0) is 0 Å². The van der Waals surface area contributed by atoms with Crippen molar-refractivity contribution in [2.75, 3.05) is 5.75 Å². The average Bonchev–Trinajstić information content (AvgIpc) is 2.08. The van der Waals surface area contributed by atoms with E-state index in [0.29, 0.717) is 11.3 Å². The Morgan fingerprint density at radius 1 is 1.50 bits per heavy atom. The minimum Gasteiger partial charge on any atom is -0.207 e. The molecule has 0 aromatic heterocycles. The minimum atomic E-state index is -0.207. The number of benzene rings is 1. The standard InChI is InChI=1S/C10H9FS/c1-8-9(5-3-7-12)4-2-6-10(8)11/h2,4,6,12H,7H2,1H3. The predicted molar refractivity (Wildman–Crippen MR) is 51.9 cm³/mol. The third-order valence-corrected chi connectivity index (χ3v) is 1.73. The Balaban J connectivity index is 3.08. The molecule has 0 aliphatic carbocycles. The molecule has 0 atom stereocenters. The van der Waals surface area contributed by atoms with Gasteiger partial charge in [0.15, 0.2) is 0 Å². The number of thiol groups is 1. The molecule has 2 heteroatoms. The van der Waals surface area contributed by atoms with Gasteiger partial charge in [0.05, 0.1) is 5.75 Å². The van der Waals surface area contributed by atoms with Crippen LogP contribution < -0.4 is 0 Å². The van der Waals surface area contributed by atoms with Crippen LogP contribution in [0.15, 0.2) is 18.2 Å². The number of hydrogen-bond donors (Lipinski definition) is 1. The highest BCUT2D eigenvalue weighted by molar-refractivity contribution is 7.80. The molecule has 0 heterocycles. The fourth-order valence-corrected chi connectivity index (χ4v) is 0.957. The van der Waals surface area contributed by atoms with Crippen LogP contribution in [0.1, 0.15) is 11.1 Å². The molecule has 62 valence electrons. The first-order valence-corrected chi connectivity index (χ1v) is 4.24. The lowest BCUT2D eigenvalue weighted by molar-refractivity contribution is 0.618. The van der Waals surface area contributed by atoms with E-state index in [4.69, 9.17) is 0 Å². The molecule has 12 heavy (non-hydrogen) atoms. The molecular formula is C10H9FS. The maximum atomic E-state index is 12.9. The Morgan fingerprint density at radius 2 is 2.25 bits per heavy atom. The van der Waals surface area contributed by atoms with Crippen molar-refractivity contribution in [3.05, 3.63) is 35.1 Å². The van der Waals surface area contributed by atoms with Crippen molar-refractivity contribution in [1.29, 1.82) is 0 Å². The second-order valence-electron chi connectivity index (χ2n) is 2.37. The molecule has 1 aromatic carbocycles. The number of rotatable bonds is 0. The lowest BCUT2D eigenvalue weighted by Gasteiger charge is -1.97. The average molecular weight is 180 g/mol. The van der Waals surface area contributed by atoms with Gasteiger partial charge in [-0.3, -0.25) is 0 Å². The monoisotopic (exact) mass is 180 g/mol. The molecule has 0 aliphatic rings. The van der Waals surface area contributed by atoms with Crippen molar-refractivity contribution >= 4 is 12.6 Å². The van der Waals surface area contributed by atoms with E-state index in [-0.39, 0.29) is 5.82 Å². The molecular weight excluding hydrogens is 171 g/mol. The van der Waals surface area contributed by atoms with Gasteiger partial charge >= 0.3 is 0 Å². The summed E-state index contributed by atoms with van der Waals surface area (Å²) >= 11 is 3.94. The summed E-state index contributed by atoms with van der Waals surface area (Å²) in [7, 11) is 0. The highest BCUT2D eigenvalue weighted by Crippen LogP contribution is 2.10. The van der Waals surface area contributed by atoms with Crippen molar-refractivity contribution in [3.8, 4) is 11.8 Å².